The fourth-order valence-electron chi connectivity index (χ4n) is 0.169. The number of aliphatic hydroxyl groups is 1. The highest BCUT2D eigenvalue weighted by molar-refractivity contribution is 7.38. The predicted octanol–water partition coefficient (Wildman–Crippen LogP) is 0.367. The number of aliphatic hydroxyl groups excluding tert-OH is 1. The normalized spacial score (nSPS) is 11.4. The molecule has 0 aromatic heterocycles. The van der Waals surface area contributed by atoms with Gasteiger partial charge in [0.1, 0.15) is 6.61 Å². The first-order valence-electron chi connectivity index (χ1n) is 1.92. The van der Waals surface area contributed by atoms with E-state index >= 15 is 0 Å². The van der Waals surface area contributed by atoms with Crippen molar-refractivity contribution in [2.45, 2.75) is 0 Å². The van der Waals surface area contributed by atoms with Crippen molar-refractivity contribution in [1.29, 1.82) is 0 Å². The molecule has 0 aliphatic carbocycles. The van der Waals surface area contributed by atoms with Crippen LogP contribution in [-0.4, -0.2) is 25.0 Å². The molecular formula is C3H8O3P+. The van der Waals surface area contributed by atoms with Gasteiger partial charge < -0.3 is 5.11 Å². The molecule has 0 amide bonds. The Kier molecular flexibility index (Phi) is 4.20. The molecule has 0 radical (unpaired) electrons. The molecule has 0 spiro atoms. The zero-order valence-corrected chi connectivity index (χ0v) is 5.02. The Bertz CT molecular complexity index is 63.2. The SMILES string of the molecule is C[P+](=O)OCCO. The van der Waals surface area contributed by atoms with Crippen molar-refractivity contribution in [2.24, 2.45) is 0 Å². The second kappa shape index (κ2) is 4.19. The molecule has 1 atom stereocenters. The molecule has 3 nitrogen and oxygen atoms in total. The van der Waals surface area contributed by atoms with Gasteiger partial charge in [-0.2, -0.15) is 0 Å². The predicted molar refractivity (Wildman–Crippen MR) is 26.6 cm³/mol. The molecule has 0 aliphatic heterocycles. The van der Waals surface area contributed by atoms with Crippen LogP contribution in [0, 0.1) is 0 Å². The quantitative estimate of drug-likeness (QED) is 0.551. The third-order valence-corrected chi connectivity index (χ3v) is 0.911. The standard InChI is InChI=1S/C3H8O3P/c1-7(5)6-3-2-4/h4H,2-3H2,1H3/q+1. The van der Waals surface area contributed by atoms with Gasteiger partial charge in [-0.1, -0.05) is 0 Å². The zero-order valence-electron chi connectivity index (χ0n) is 4.13. The van der Waals surface area contributed by atoms with E-state index in [-0.39, 0.29) is 13.2 Å². The van der Waals surface area contributed by atoms with Crippen LogP contribution in [0.4, 0.5) is 0 Å². The Morgan fingerprint density at radius 2 is 2.43 bits per heavy atom. The summed E-state index contributed by atoms with van der Waals surface area (Å²) in [5, 5.41) is 8.06. The molecule has 0 heterocycles. The van der Waals surface area contributed by atoms with Crippen molar-refractivity contribution in [3.05, 3.63) is 0 Å². The molecule has 0 saturated carbocycles. The Hall–Kier alpha value is 0.0200. The monoisotopic (exact) mass is 123 g/mol. The Morgan fingerprint density at radius 1 is 1.86 bits per heavy atom. The van der Waals surface area contributed by atoms with E-state index in [1.165, 1.54) is 6.66 Å². The van der Waals surface area contributed by atoms with E-state index < -0.39 is 8.03 Å². The van der Waals surface area contributed by atoms with Crippen LogP contribution in [0.15, 0.2) is 0 Å². The molecule has 0 fully saturated rings. The van der Waals surface area contributed by atoms with E-state index in [4.69, 9.17) is 5.11 Å². The van der Waals surface area contributed by atoms with Crippen LogP contribution in [0.2, 0.25) is 0 Å². The molecule has 1 N–H and O–H groups in total. The second-order valence-electron chi connectivity index (χ2n) is 0.997. The smallest absolute Gasteiger partial charge is 0.394 e. The molecule has 42 valence electrons. The van der Waals surface area contributed by atoms with E-state index in [2.05, 4.69) is 4.52 Å². The Balaban J connectivity index is 2.82. The summed E-state index contributed by atoms with van der Waals surface area (Å²) in [5.74, 6) is 0. The minimum absolute atomic E-state index is 0.0606. The maximum absolute atomic E-state index is 10.0. The topological polar surface area (TPSA) is 46.5 Å². The zero-order chi connectivity index (χ0) is 5.70. The summed E-state index contributed by atoms with van der Waals surface area (Å²) in [6, 6.07) is 0. The van der Waals surface area contributed by atoms with Gasteiger partial charge in [0.15, 0.2) is 6.66 Å². The molecule has 0 saturated heterocycles. The van der Waals surface area contributed by atoms with Crippen LogP contribution in [0.25, 0.3) is 0 Å². The Labute approximate surface area is 43.2 Å². The first kappa shape index (κ1) is 7.02. The van der Waals surface area contributed by atoms with Crippen LogP contribution in [-0.2, 0) is 9.09 Å². The average molecular weight is 123 g/mol. The highest BCUT2D eigenvalue weighted by atomic mass is 31.1. The van der Waals surface area contributed by atoms with Crippen LogP contribution < -0.4 is 0 Å². The minimum Gasteiger partial charge on any atom is -0.394 e. The summed E-state index contributed by atoms with van der Waals surface area (Å²) >= 11 is 0. The number of hydrogen-bond donors (Lipinski definition) is 1. The van der Waals surface area contributed by atoms with Gasteiger partial charge in [-0.15, -0.1) is 4.52 Å². The fourth-order valence-corrected chi connectivity index (χ4v) is 0.508. The van der Waals surface area contributed by atoms with E-state index in [9.17, 15) is 4.57 Å². The van der Waals surface area contributed by atoms with Crippen molar-refractivity contribution in [3.8, 4) is 0 Å². The molecule has 4 heteroatoms. The maximum atomic E-state index is 10.0. The third kappa shape index (κ3) is 6.02. The summed E-state index contributed by atoms with van der Waals surface area (Å²) in [6.45, 7) is 1.56. The molecule has 0 aromatic carbocycles. The van der Waals surface area contributed by atoms with E-state index in [1.807, 2.05) is 0 Å². The van der Waals surface area contributed by atoms with E-state index in [0.29, 0.717) is 0 Å². The highest BCUT2D eigenvalue weighted by Gasteiger charge is 2.02. The van der Waals surface area contributed by atoms with Crippen molar-refractivity contribution >= 4 is 8.03 Å². The molecule has 1 unspecified atom stereocenters. The second-order valence-corrected chi connectivity index (χ2v) is 2.13. The first-order valence-corrected chi connectivity index (χ1v) is 3.54. The number of rotatable bonds is 3. The summed E-state index contributed by atoms with van der Waals surface area (Å²) < 4.78 is 14.5. The van der Waals surface area contributed by atoms with Gasteiger partial charge in [-0.3, -0.25) is 0 Å². The lowest BCUT2D eigenvalue weighted by atomic mass is 10.8. The van der Waals surface area contributed by atoms with Crippen LogP contribution >= 0.6 is 8.03 Å². The van der Waals surface area contributed by atoms with Gasteiger partial charge in [0, 0.05) is 0 Å². The molecule has 0 bridgehead atoms. The lowest BCUT2D eigenvalue weighted by molar-refractivity contribution is 0.209. The summed E-state index contributed by atoms with van der Waals surface area (Å²) in [7, 11) is -1.52. The lowest BCUT2D eigenvalue weighted by Gasteiger charge is -1.78. The maximum Gasteiger partial charge on any atom is 0.504 e. The van der Waals surface area contributed by atoms with Crippen molar-refractivity contribution in [2.75, 3.05) is 19.9 Å². The van der Waals surface area contributed by atoms with Crippen LogP contribution in [0.3, 0.4) is 0 Å². The summed E-state index contributed by atoms with van der Waals surface area (Å²) in [4.78, 5) is 0. The van der Waals surface area contributed by atoms with Gasteiger partial charge in [0.2, 0.25) is 0 Å². The lowest BCUT2D eigenvalue weighted by Crippen LogP contribution is -1.90. The molecule has 0 aliphatic rings. The molecule has 7 heavy (non-hydrogen) atoms. The summed E-state index contributed by atoms with van der Waals surface area (Å²) in [5.41, 5.74) is 0. The van der Waals surface area contributed by atoms with Crippen LogP contribution in [0.5, 0.6) is 0 Å². The van der Waals surface area contributed by atoms with Gasteiger partial charge in [-0.25, -0.2) is 0 Å². The minimum atomic E-state index is -1.52. The highest BCUT2D eigenvalue weighted by Crippen LogP contribution is 2.13. The van der Waals surface area contributed by atoms with Crippen LogP contribution in [0.1, 0.15) is 0 Å². The molecular weight excluding hydrogens is 115 g/mol. The van der Waals surface area contributed by atoms with Crippen molar-refractivity contribution in [1.82, 2.24) is 0 Å². The number of hydrogen-bond acceptors (Lipinski definition) is 3. The Morgan fingerprint density at radius 3 is 2.57 bits per heavy atom. The van der Waals surface area contributed by atoms with E-state index in [1.54, 1.807) is 0 Å². The largest absolute Gasteiger partial charge is 0.504 e. The summed E-state index contributed by atoms with van der Waals surface area (Å²) in [6.07, 6.45) is 0. The van der Waals surface area contributed by atoms with E-state index in [0.717, 1.165) is 0 Å². The van der Waals surface area contributed by atoms with Crippen molar-refractivity contribution < 1.29 is 14.2 Å². The fraction of sp³-hybridized carbons (Fsp3) is 1.00. The molecule has 0 aromatic rings. The average Bonchev–Trinajstić information content (AvgIpc) is 1.61. The first-order chi connectivity index (χ1) is 3.27. The van der Waals surface area contributed by atoms with Crippen molar-refractivity contribution in [3.63, 3.8) is 0 Å². The third-order valence-electron chi connectivity index (χ3n) is 0.364. The van der Waals surface area contributed by atoms with Gasteiger partial charge in [0.05, 0.1) is 6.61 Å². The van der Waals surface area contributed by atoms with Gasteiger partial charge in [-0.05, 0) is 4.57 Å². The van der Waals surface area contributed by atoms with Gasteiger partial charge in [0.25, 0.3) is 0 Å². The molecule has 0 rings (SSSR count). The van der Waals surface area contributed by atoms with Gasteiger partial charge >= 0.3 is 8.03 Å².